The van der Waals surface area contributed by atoms with E-state index in [1.54, 1.807) is 0 Å². The Labute approximate surface area is 90.7 Å². The van der Waals surface area contributed by atoms with Crippen molar-refractivity contribution >= 4 is 5.97 Å². The van der Waals surface area contributed by atoms with Crippen LogP contribution in [0.1, 0.15) is 11.7 Å². The second-order valence-corrected chi connectivity index (χ2v) is 3.09. The number of carbonyl (C=O) groups excluding carboxylic acids is 1. The van der Waals surface area contributed by atoms with Gasteiger partial charge in [-0.1, -0.05) is 12.1 Å². The summed E-state index contributed by atoms with van der Waals surface area (Å²) in [6.07, 6.45) is -3.69. The minimum absolute atomic E-state index is 0.377. The van der Waals surface area contributed by atoms with E-state index in [2.05, 4.69) is 4.74 Å². The zero-order chi connectivity index (χ0) is 12.3. The van der Waals surface area contributed by atoms with Gasteiger partial charge in [0.2, 0.25) is 0 Å². The Morgan fingerprint density at radius 2 is 2.06 bits per heavy atom. The SMILES string of the molecule is COC(=O)C(O)C(O)c1cccc(O)c1F. The lowest BCUT2D eigenvalue weighted by molar-refractivity contribution is -0.156. The summed E-state index contributed by atoms with van der Waals surface area (Å²) in [6, 6.07) is 3.50. The van der Waals surface area contributed by atoms with Crippen molar-refractivity contribution in [3.8, 4) is 5.75 Å². The van der Waals surface area contributed by atoms with E-state index in [9.17, 15) is 19.4 Å². The molecule has 0 radical (unpaired) electrons. The summed E-state index contributed by atoms with van der Waals surface area (Å²) in [4.78, 5) is 10.9. The predicted octanol–water partition coefficient (Wildman–Crippen LogP) is 0.0986. The van der Waals surface area contributed by atoms with Gasteiger partial charge in [-0.15, -0.1) is 0 Å². The molecule has 0 aliphatic heterocycles. The molecule has 0 aliphatic rings. The van der Waals surface area contributed by atoms with Crippen molar-refractivity contribution in [1.82, 2.24) is 0 Å². The van der Waals surface area contributed by atoms with Gasteiger partial charge >= 0.3 is 5.97 Å². The molecular weight excluding hydrogens is 219 g/mol. The van der Waals surface area contributed by atoms with Crippen LogP contribution in [0.15, 0.2) is 18.2 Å². The van der Waals surface area contributed by atoms with Crippen LogP contribution in [0.4, 0.5) is 4.39 Å². The largest absolute Gasteiger partial charge is 0.505 e. The van der Waals surface area contributed by atoms with Crippen LogP contribution in [0, 0.1) is 5.82 Å². The maximum absolute atomic E-state index is 13.3. The molecule has 0 fully saturated rings. The van der Waals surface area contributed by atoms with Gasteiger partial charge in [0.05, 0.1) is 7.11 Å². The molecule has 3 N–H and O–H groups in total. The summed E-state index contributed by atoms with van der Waals surface area (Å²) >= 11 is 0. The number of phenolic OH excluding ortho intramolecular Hbond substituents is 1. The third-order valence-corrected chi connectivity index (χ3v) is 2.07. The summed E-state index contributed by atoms with van der Waals surface area (Å²) in [5, 5.41) is 27.8. The number of rotatable bonds is 3. The first kappa shape index (κ1) is 12.4. The highest BCUT2D eigenvalue weighted by Gasteiger charge is 2.29. The molecule has 0 amide bonds. The van der Waals surface area contributed by atoms with Crippen molar-refractivity contribution in [3.63, 3.8) is 0 Å². The Morgan fingerprint density at radius 3 is 2.62 bits per heavy atom. The number of methoxy groups -OCH3 is 1. The van der Waals surface area contributed by atoms with E-state index >= 15 is 0 Å². The Balaban J connectivity index is 3.00. The first-order valence-corrected chi connectivity index (χ1v) is 4.40. The highest BCUT2D eigenvalue weighted by molar-refractivity contribution is 5.75. The summed E-state index contributed by atoms with van der Waals surface area (Å²) < 4.78 is 17.5. The van der Waals surface area contributed by atoms with Crippen molar-refractivity contribution in [3.05, 3.63) is 29.6 Å². The normalized spacial score (nSPS) is 14.2. The van der Waals surface area contributed by atoms with E-state index in [4.69, 9.17) is 5.11 Å². The van der Waals surface area contributed by atoms with Gasteiger partial charge in [0.15, 0.2) is 17.7 Å². The van der Waals surface area contributed by atoms with Crippen molar-refractivity contribution in [2.45, 2.75) is 12.2 Å². The minimum atomic E-state index is -1.90. The van der Waals surface area contributed by atoms with E-state index in [-0.39, 0.29) is 5.56 Å². The average Bonchev–Trinajstić information content (AvgIpc) is 2.29. The number of halogens is 1. The van der Waals surface area contributed by atoms with Gasteiger partial charge in [0, 0.05) is 5.56 Å². The molecule has 0 saturated carbocycles. The number of aromatic hydroxyl groups is 1. The summed E-state index contributed by atoms with van der Waals surface area (Å²) in [5.41, 5.74) is -0.377. The van der Waals surface area contributed by atoms with E-state index in [0.717, 1.165) is 19.2 Å². The molecule has 0 aliphatic carbocycles. The van der Waals surface area contributed by atoms with E-state index in [1.807, 2.05) is 0 Å². The molecule has 6 heteroatoms. The number of phenols is 1. The number of hydrogen-bond donors (Lipinski definition) is 3. The first-order chi connectivity index (χ1) is 7.49. The van der Waals surface area contributed by atoms with Gasteiger partial charge in [-0.2, -0.15) is 0 Å². The molecule has 0 saturated heterocycles. The van der Waals surface area contributed by atoms with Crippen LogP contribution >= 0.6 is 0 Å². The fourth-order valence-corrected chi connectivity index (χ4v) is 1.19. The smallest absolute Gasteiger partial charge is 0.337 e. The number of aliphatic hydroxyl groups is 2. The lowest BCUT2D eigenvalue weighted by Gasteiger charge is -2.16. The fourth-order valence-electron chi connectivity index (χ4n) is 1.19. The Morgan fingerprint density at radius 1 is 1.44 bits per heavy atom. The van der Waals surface area contributed by atoms with Gasteiger partial charge in [0.1, 0.15) is 6.10 Å². The highest BCUT2D eigenvalue weighted by Crippen LogP contribution is 2.26. The van der Waals surface area contributed by atoms with Crippen LogP contribution in [0.5, 0.6) is 5.75 Å². The van der Waals surface area contributed by atoms with Gasteiger partial charge in [-0.3, -0.25) is 0 Å². The molecule has 1 aromatic rings. The number of aliphatic hydroxyl groups excluding tert-OH is 2. The van der Waals surface area contributed by atoms with Crippen LogP contribution in [0.25, 0.3) is 0 Å². The average molecular weight is 230 g/mol. The second-order valence-electron chi connectivity index (χ2n) is 3.09. The quantitative estimate of drug-likeness (QED) is 0.641. The Kier molecular flexibility index (Phi) is 3.81. The van der Waals surface area contributed by atoms with Crippen molar-refractivity contribution in [2.75, 3.05) is 7.11 Å². The van der Waals surface area contributed by atoms with Gasteiger partial charge in [-0.25, -0.2) is 9.18 Å². The number of benzene rings is 1. The lowest BCUT2D eigenvalue weighted by atomic mass is 10.0. The third-order valence-electron chi connectivity index (χ3n) is 2.07. The minimum Gasteiger partial charge on any atom is -0.505 e. The first-order valence-electron chi connectivity index (χ1n) is 4.40. The van der Waals surface area contributed by atoms with Gasteiger partial charge < -0.3 is 20.1 Å². The number of hydrogen-bond acceptors (Lipinski definition) is 5. The van der Waals surface area contributed by atoms with Crippen LogP contribution in [-0.2, 0) is 9.53 Å². The molecule has 16 heavy (non-hydrogen) atoms. The van der Waals surface area contributed by atoms with E-state index in [1.165, 1.54) is 6.07 Å². The fraction of sp³-hybridized carbons (Fsp3) is 0.300. The molecule has 2 unspecified atom stereocenters. The van der Waals surface area contributed by atoms with E-state index in [0.29, 0.717) is 0 Å². The zero-order valence-corrected chi connectivity index (χ0v) is 8.42. The summed E-state index contributed by atoms with van der Waals surface area (Å²) in [5.74, 6) is -2.85. The number of ether oxygens (including phenoxy) is 1. The molecule has 5 nitrogen and oxygen atoms in total. The molecule has 2 atom stereocenters. The molecule has 1 aromatic carbocycles. The second kappa shape index (κ2) is 4.91. The van der Waals surface area contributed by atoms with Gasteiger partial charge in [-0.05, 0) is 6.07 Å². The molecule has 0 aromatic heterocycles. The molecule has 1 rings (SSSR count). The standard InChI is InChI=1S/C10H11FO5/c1-16-10(15)9(14)8(13)5-3-2-4-6(12)7(5)11/h2-4,8-9,12-14H,1H3. The van der Waals surface area contributed by atoms with Crippen molar-refractivity contribution in [2.24, 2.45) is 0 Å². The molecule has 0 spiro atoms. The predicted molar refractivity (Wildman–Crippen MR) is 51.0 cm³/mol. The van der Waals surface area contributed by atoms with Crippen LogP contribution < -0.4 is 0 Å². The Bertz CT molecular complexity index is 393. The molecule has 0 heterocycles. The van der Waals surface area contributed by atoms with E-state index < -0.39 is 29.7 Å². The van der Waals surface area contributed by atoms with Crippen molar-refractivity contribution in [1.29, 1.82) is 0 Å². The molecule has 0 bridgehead atoms. The van der Waals surface area contributed by atoms with Gasteiger partial charge in [0.25, 0.3) is 0 Å². The van der Waals surface area contributed by atoms with Crippen molar-refractivity contribution < 1.29 is 29.2 Å². The van der Waals surface area contributed by atoms with Crippen LogP contribution in [0.3, 0.4) is 0 Å². The topological polar surface area (TPSA) is 87.0 Å². The summed E-state index contributed by atoms with van der Waals surface area (Å²) in [7, 11) is 1.02. The van der Waals surface area contributed by atoms with Crippen LogP contribution in [0.2, 0.25) is 0 Å². The zero-order valence-electron chi connectivity index (χ0n) is 8.42. The molecular formula is C10H11FO5. The maximum Gasteiger partial charge on any atom is 0.337 e. The molecule has 88 valence electrons. The third kappa shape index (κ3) is 2.29. The highest BCUT2D eigenvalue weighted by atomic mass is 19.1. The Hall–Kier alpha value is -1.66. The van der Waals surface area contributed by atoms with Crippen LogP contribution in [-0.4, -0.2) is 34.5 Å². The number of carbonyl (C=O) groups is 1. The number of esters is 1. The summed E-state index contributed by atoms with van der Waals surface area (Å²) in [6.45, 7) is 0. The monoisotopic (exact) mass is 230 g/mol. The maximum atomic E-state index is 13.3. The lowest BCUT2D eigenvalue weighted by Crippen LogP contribution is -2.29.